The van der Waals surface area contributed by atoms with E-state index in [1.165, 1.54) is 96.3 Å². The third-order valence-corrected chi connectivity index (χ3v) is 14.9. The van der Waals surface area contributed by atoms with Crippen molar-refractivity contribution in [2.45, 2.75) is 277 Å². The van der Waals surface area contributed by atoms with E-state index < -0.39 is 20.0 Å². The van der Waals surface area contributed by atoms with Crippen LogP contribution in [0.2, 0.25) is 0 Å². The first-order valence-electron chi connectivity index (χ1n) is 32.9. The van der Waals surface area contributed by atoms with Crippen LogP contribution in [0.15, 0.2) is 122 Å². The SMILES string of the molecule is CC/C=C\C/C=C\C/C=C\C/C=C\C/C=C\C/C=C\CCCCCCCCCCC(=O)OC(/C=C\CCCCCCCCCCC)C(COP(=O)(O)OCC[N+](C)(C)C)NC(=O)CCCCCC/C=C\C/C=C\C/C=C\CCCCC. The van der Waals surface area contributed by atoms with Crippen LogP contribution in [0.4, 0.5) is 0 Å². The molecule has 1 amide bonds. The predicted octanol–water partition coefficient (Wildman–Crippen LogP) is 20.7. The van der Waals surface area contributed by atoms with Crippen LogP contribution >= 0.6 is 7.82 Å². The first-order chi connectivity index (χ1) is 39.4. The van der Waals surface area contributed by atoms with Crippen LogP contribution in [0.3, 0.4) is 0 Å². The highest BCUT2D eigenvalue weighted by atomic mass is 31.2. The molecule has 0 aliphatic carbocycles. The van der Waals surface area contributed by atoms with Gasteiger partial charge in [-0.3, -0.25) is 18.6 Å². The van der Waals surface area contributed by atoms with Gasteiger partial charge in [0, 0.05) is 12.8 Å². The van der Waals surface area contributed by atoms with Gasteiger partial charge in [-0.1, -0.05) is 252 Å². The molecule has 3 unspecified atom stereocenters. The fourth-order valence-electron chi connectivity index (χ4n) is 8.83. The number of likely N-dealkylation sites (N-methyl/N-ethyl adjacent to an activating group) is 1. The van der Waals surface area contributed by atoms with Crippen molar-refractivity contribution in [2.75, 3.05) is 40.9 Å². The number of carbonyl (C=O) groups is 2. The van der Waals surface area contributed by atoms with Gasteiger partial charge in [0.25, 0.3) is 0 Å². The maximum Gasteiger partial charge on any atom is 0.472 e. The van der Waals surface area contributed by atoms with Gasteiger partial charge in [-0.15, -0.1) is 0 Å². The van der Waals surface area contributed by atoms with E-state index in [0.29, 0.717) is 23.9 Å². The first kappa shape index (κ1) is 77.4. The van der Waals surface area contributed by atoms with E-state index in [1.807, 2.05) is 33.3 Å². The minimum atomic E-state index is -4.47. The zero-order valence-corrected chi connectivity index (χ0v) is 53.9. The van der Waals surface area contributed by atoms with Gasteiger partial charge in [-0.25, -0.2) is 4.57 Å². The molecule has 0 spiro atoms. The number of amides is 1. The number of nitrogens with zero attached hydrogens (tertiary/aromatic N) is 1. The van der Waals surface area contributed by atoms with Crippen molar-refractivity contribution in [2.24, 2.45) is 0 Å². The van der Waals surface area contributed by atoms with Gasteiger partial charge >= 0.3 is 13.8 Å². The van der Waals surface area contributed by atoms with Crippen molar-refractivity contribution < 1.29 is 37.3 Å². The van der Waals surface area contributed by atoms with Crippen molar-refractivity contribution >= 4 is 19.7 Å². The highest BCUT2D eigenvalue weighted by molar-refractivity contribution is 7.47. The molecule has 0 bridgehead atoms. The Balaban J connectivity index is 5.15. The molecule has 0 aromatic rings. The summed E-state index contributed by atoms with van der Waals surface area (Å²) in [5.41, 5.74) is 0. The Morgan fingerprint density at radius 3 is 1.21 bits per heavy atom. The van der Waals surface area contributed by atoms with Gasteiger partial charge in [0.1, 0.15) is 19.3 Å². The summed E-state index contributed by atoms with van der Waals surface area (Å²) in [6.45, 7) is 6.83. The molecule has 0 heterocycles. The molecule has 0 aromatic heterocycles. The number of hydrogen-bond donors (Lipinski definition) is 2. The Morgan fingerprint density at radius 2 is 0.790 bits per heavy atom. The van der Waals surface area contributed by atoms with E-state index in [-0.39, 0.29) is 31.5 Å². The van der Waals surface area contributed by atoms with Crippen LogP contribution in [0.5, 0.6) is 0 Å². The first-order valence-corrected chi connectivity index (χ1v) is 34.4. The number of allylic oxidation sites excluding steroid dienone is 19. The average molecular weight is 1150 g/mol. The summed E-state index contributed by atoms with van der Waals surface area (Å²) in [4.78, 5) is 37.8. The Kier molecular flexibility index (Phi) is 56.9. The summed E-state index contributed by atoms with van der Waals surface area (Å²) in [7, 11) is 1.46. The molecule has 0 aliphatic heterocycles. The number of unbranched alkanes of at least 4 members (excludes halogenated alkanes) is 24. The zero-order valence-electron chi connectivity index (χ0n) is 53.0. The fraction of sp³-hybridized carbons (Fsp3) is 0.690. The van der Waals surface area contributed by atoms with E-state index >= 15 is 0 Å². The number of ether oxygens (including phenoxy) is 1. The summed E-state index contributed by atoms with van der Waals surface area (Å²) in [6.07, 6.45) is 83.4. The smallest absolute Gasteiger partial charge is 0.456 e. The number of phosphoric acid groups is 1. The van der Waals surface area contributed by atoms with E-state index in [9.17, 15) is 19.0 Å². The van der Waals surface area contributed by atoms with Gasteiger partial charge in [0.2, 0.25) is 5.91 Å². The van der Waals surface area contributed by atoms with Gasteiger partial charge in [-0.2, -0.15) is 0 Å². The number of esters is 1. The third kappa shape index (κ3) is 60.8. The van der Waals surface area contributed by atoms with E-state index in [4.69, 9.17) is 13.8 Å². The largest absolute Gasteiger partial charge is 0.472 e. The normalized spacial score (nSPS) is 14.4. The Bertz CT molecular complexity index is 1800. The lowest BCUT2D eigenvalue weighted by molar-refractivity contribution is -0.870. The number of carbonyl (C=O) groups excluding carboxylic acids is 2. The summed E-state index contributed by atoms with van der Waals surface area (Å²) in [5, 5.41) is 3.04. The van der Waals surface area contributed by atoms with Crippen molar-refractivity contribution in [3.63, 3.8) is 0 Å². The monoisotopic (exact) mass is 1150 g/mol. The molecule has 9 nitrogen and oxygen atoms in total. The number of hydrogen-bond acceptors (Lipinski definition) is 6. The van der Waals surface area contributed by atoms with Crippen LogP contribution < -0.4 is 5.32 Å². The van der Waals surface area contributed by atoms with Crippen LogP contribution in [0.25, 0.3) is 0 Å². The highest BCUT2D eigenvalue weighted by Gasteiger charge is 2.30. The average Bonchev–Trinajstić information content (AvgIpc) is 3.44. The minimum absolute atomic E-state index is 0.0282. The third-order valence-electron chi connectivity index (χ3n) is 13.9. The van der Waals surface area contributed by atoms with E-state index in [0.717, 1.165) is 128 Å². The van der Waals surface area contributed by atoms with Gasteiger partial charge in [-0.05, 0) is 122 Å². The molecular weight excluding hydrogens is 1020 g/mol. The summed E-state index contributed by atoms with van der Waals surface area (Å²) < 4.78 is 30.7. The fourth-order valence-corrected chi connectivity index (χ4v) is 9.57. The van der Waals surface area contributed by atoms with Crippen LogP contribution in [0.1, 0.15) is 265 Å². The number of phosphoric ester groups is 1. The lowest BCUT2D eigenvalue weighted by Gasteiger charge is -2.27. The highest BCUT2D eigenvalue weighted by Crippen LogP contribution is 2.43. The van der Waals surface area contributed by atoms with Crippen molar-refractivity contribution in [3.05, 3.63) is 122 Å². The van der Waals surface area contributed by atoms with Crippen LogP contribution in [-0.4, -0.2) is 74.3 Å². The number of nitrogens with one attached hydrogen (secondary N) is 1. The van der Waals surface area contributed by atoms with Crippen molar-refractivity contribution in [1.82, 2.24) is 5.32 Å². The molecule has 81 heavy (non-hydrogen) atoms. The van der Waals surface area contributed by atoms with E-state index in [2.05, 4.69) is 135 Å². The Hall–Kier alpha value is -3.59. The molecule has 0 radical (unpaired) electrons. The molecule has 0 rings (SSSR count). The van der Waals surface area contributed by atoms with Crippen LogP contribution in [0, 0.1) is 0 Å². The number of rotatable bonds is 58. The van der Waals surface area contributed by atoms with Crippen LogP contribution in [-0.2, 0) is 27.9 Å². The molecule has 10 heteroatoms. The van der Waals surface area contributed by atoms with Gasteiger partial charge in [0.15, 0.2) is 0 Å². The molecule has 3 atom stereocenters. The maximum absolute atomic E-state index is 13.5. The van der Waals surface area contributed by atoms with E-state index in [1.54, 1.807) is 0 Å². The molecule has 2 N–H and O–H groups in total. The molecule has 0 aromatic carbocycles. The van der Waals surface area contributed by atoms with Crippen molar-refractivity contribution in [3.8, 4) is 0 Å². The lowest BCUT2D eigenvalue weighted by Crippen LogP contribution is -2.47. The Labute approximate surface area is 499 Å². The molecule has 464 valence electrons. The molecule has 0 saturated carbocycles. The zero-order chi connectivity index (χ0) is 59.3. The number of quaternary nitrogens is 1. The lowest BCUT2D eigenvalue weighted by atomic mass is 10.1. The Morgan fingerprint density at radius 1 is 0.444 bits per heavy atom. The second-order valence-electron chi connectivity index (χ2n) is 22.9. The summed E-state index contributed by atoms with van der Waals surface area (Å²) in [5.74, 6) is -0.546. The maximum atomic E-state index is 13.5. The van der Waals surface area contributed by atoms with Gasteiger partial charge < -0.3 is 19.4 Å². The molecular formula is C71H124N2O7P+. The topological polar surface area (TPSA) is 111 Å². The standard InChI is InChI=1S/C71H123N2O7P/c1-7-10-13-16-19-22-25-27-29-31-32-33-34-35-36-37-38-39-40-42-44-46-49-52-55-58-61-64-71(75)80-69(62-59-56-53-50-47-24-21-18-15-12-9-3)68(67-79-81(76,77)78-66-65-73(4,5)6)72-70(74)63-60-57-54-51-48-45-43-41-30-28-26-23-20-17-14-11-8-2/h10,13,19-20,22-23,27-30,32-33,35-36,38-39,43,45,59,62,68-69H,7-9,11-12,14-18,21,24-26,31,34,37,40-42,44,46-58,60-61,63-67H2,1-6H3,(H-,72,74,76,77)/p+1/b13-10-,22-19-,23-20-,29-27-,30-28-,33-32-,36-35-,39-38-,45-43-,62-59-. The molecule has 0 saturated heterocycles. The quantitative estimate of drug-likeness (QED) is 0.0205. The summed E-state index contributed by atoms with van der Waals surface area (Å²) >= 11 is 0. The second kappa shape index (κ2) is 59.6. The summed E-state index contributed by atoms with van der Waals surface area (Å²) in [6, 6.07) is -0.872. The molecule has 0 aliphatic rings. The minimum Gasteiger partial charge on any atom is -0.456 e. The predicted molar refractivity (Wildman–Crippen MR) is 350 cm³/mol. The second-order valence-corrected chi connectivity index (χ2v) is 24.4. The molecule has 0 fully saturated rings. The van der Waals surface area contributed by atoms with Crippen molar-refractivity contribution in [1.29, 1.82) is 0 Å². The van der Waals surface area contributed by atoms with Gasteiger partial charge in [0.05, 0.1) is 33.8 Å².